The second-order valence-corrected chi connectivity index (χ2v) is 3.15. The quantitative estimate of drug-likeness (QED) is 0.683. The molecule has 0 spiro atoms. The molecule has 0 aliphatic rings. The first kappa shape index (κ1) is 11.2. The lowest BCUT2D eigenvalue weighted by Crippen LogP contribution is -2.26. The second-order valence-electron chi connectivity index (χ2n) is 3.15. The minimum Gasteiger partial charge on any atom is -0.477 e. The van der Waals surface area contributed by atoms with Gasteiger partial charge in [0.15, 0.2) is 0 Å². The van der Waals surface area contributed by atoms with E-state index in [0.717, 1.165) is 0 Å². The Kier molecular flexibility index (Phi) is 3.43. The van der Waals surface area contributed by atoms with E-state index in [4.69, 9.17) is 5.11 Å². The minimum atomic E-state index is -1.06. The van der Waals surface area contributed by atoms with Crippen molar-refractivity contribution in [2.75, 3.05) is 0 Å². The smallest absolute Gasteiger partial charge is 0.353 e. The van der Waals surface area contributed by atoms with Gasteiger partial charge < -0.3 is 15.4 Å². The molecule has 0 radical (unpaired) electrons. The number of H-pyrrole nitrogens is 1. The zero-order valence-electron chi connectivity index (χ0n) is 8.57. The van der Waals surface area contributed by atoms with Crippen molar-refractivity contribution in [3.63, 3.8) is 0 Å². The van der Waals surface area contributed by atoms with Gasteiger partial charge in [-0.1, -0.05) is 6.92 Å². The molecular formula is C9H13N3O3. The number of aromatic amines is 1. The molecule has 82 valence electrons. The van der Waals surface area contributed by atoms with Gasteiger partial charge >= 0.3 is 5.97 Å². The number of carboxylic acid groups (broad SMARTS) is 1. The first-order chi connectivity index (χ1) is 7.04. The summed E-state index contributed by atoms with van der Waals surface area (Å²) in [6.07, 6.45) is 1.88. The number of nitrogens with one attached hydrogen (secondary N) is 2. The van der Waals surface area contributed by atoms with Gasteiger partial charge in [0.2, 0.25) is 5.91 Å². The molecule has 15 heavy (non-hydrogen) atoms. The Labute approximate surface area is 86.7 Å². The first-order valence-corrected chi connectivity index (χ1v) is 4.60. The third-order valence-electron chi connectivity index (χ3n) is 1.94. The fourth-order valence-electron chi connectivity index (χ4n) is 1.23. The van der Waals surface area contributed by atoms with E-state index in [1.807, 2.05) is 6.92 Å². The van der Waals surface area contributed by atoms with E-state index in [-0.39, 0.29) is 17.6 Å². The molecule has 3 N–H and O–H groups in total. The van der Waals surface area contributed by atoms with Crippen molar-refractivity contribution in [2.24, 2.45) is 0 Å². The van der Waals surface area contributed by atoms with E-state index in [1.165, 1.54) is 13.1 Å². The molecule has 0 aliphatic heterocycles. The molecule has 0 aliphatic carbocycles. The molecular weight excluding hydrogens is 198 g/mol. The third kappa shape index (κ3) is 2.80. The molecule has 0 saturated carbocycles. The molecule has 1 amide bonds. The molecule has 0 saturated heterocycles. The Morgan fingerprint density at radius 2 is 2.33 bits per heavy atom. The number of nitrogens with zero attached hydrogens (tertiary/aromatic N) is 1. The van der Waals surface area contributed by atoms with E-state index in [2.05, 4.69) is 15.3 Å². The molecule has 1 heterocycles. The zero-order valence-corrected chi connectivity index (χ0v) is 8.57. The summed E-state index contributed by atoms with van der Waals surface area (Å²) < 4.78 is 0. The predicted octanol–water partition coefficient (Wildman–Crippen LogP) is 0.695. The number of imidazole rings is 1. The Morgan fingerprint density at radius 3 is 2.73 bits per heavy atom. The van der Waals surface area contributed by atoms with E-state index in [0.29, 0.717) is 12.2 Å². The Bertz CT molecular complexity index is 372. The molecule has 0 aromatic carbocycles. The summed E-state index contributed by atoms with van der Waals surface area (Å²) in [5.74, 6) is -0.772. The maximum Gasteiger partial charge on any atom is 0.353 e. The van der Waals surface area contributed by atoms with Gasteiger partial charge in [0.1, 0.15) is 11.5 Å². The van der Waals surface area contributed by atoms with E-state index in [9.17, 15) is 9.59 Å². The van der Waals surface area contributed by atoms with Crippen LogP contribution in [0.2, 0.25) is 0 Å². The lowest BCUT2D eigenvalue weighted by Gasteiger charge is -2.12. The summed E-state index contributed by atoms with van der Waals surface area (Å²) in [5, 5.41) is 11.3. The summed E-state index contributed by atoms with van der Waals surface area (Å²) in [7, 11) is 0. The van der Waals surface area contributed by atoms with Crippen LogP contribution < -0.4 is 5.32 Å². The van der Waals surface area contributed by atoms with E-state index >= 15 is 0 Å². The average molecular weight is 211 g/mol. The number of rotatable bonds is 4. The number of hydrogen-bond donors (Lipinski definition) is 3. The molecule has 1 unspecified atom stereocenters. The summed E-state index contributed by atoms with van der Waals surface area (Å²) in [5.41, 5.74) is 0.0220. The first-order valence-electron chi connectivity index (χ1n) is 4.60. The maximum absolute atomic E-state index is 10.9. The summed E-state index contributed by atoms with van der Waals surface area (Å²) in [6, 6.07) is -0.268. The molecule has 1 rings (SSSR count). The van der Waals surface area contributed by atoms with Crippen molar-refractivity contribution < 1.29 is 14.7 Å². The monoisotopic (exact) mass is 211 g/mol. The van der Waals surface area contributed by atoms with Crippen molar-refractivity contribution in [3.05, 3.63) is 17.7 Å². The lowest BCUT2D eigenvalue weighted by atomic mass is 10.2. The number of carbonyl (C=O) groups excluding carboxylic acids is 1. The van der Waals surface area contributed by atoms with Crippen LogP contribution in [0.5, 0.6) is 0 Å². The number of carbonyl (C=O) groups is 2. The zero-order chi connectivity index (χ0) is 11.4. The molecule has 6 nitrogen and oxygen atoms in total. The summed E-state index contributed by atoms with van der Waals surface area (Å²) in [4.78, 5) is 28.0. The topological polar surface area (TPSA) is 95.1 Å². The molecule has 0 fully saturated rings. The van der Waals surface area contributed by atoms with Gasteiger partial charge in [-0.2, -0.15) is 0 Å². The van der Waals surface area contributed by atoms with Gasteiger partial charge in [-0.05, 0) is 6.42 Å². The number of aromatic carboxylic acids is 1. The summed E-state index contributed by atoms with van der Waals surface area (Å²) >= 11 is 0. The highest BCUT2D eigenvalue weighted by molar-refractivity contribution is 5.85. The van der Waals surface area contributed by atoms with Crippen molar-refractivity contribution in [1.29, 1.82) is 0 Å². The normalized spacial score (nSPS) is 12.1. The highest BCUT2D eigenvalue weighted by Crippen LogP contribution is 2.12. The second kappa shape index (κ2) is 4.59. The Hall–Kier alpha value is -1.85. The van der Waals surface area contributed by atoms with Gasteiger partial charge in [0.05, 0.1) is 12.2 Å². The van der Waals surface area contributed by atoms with Gasteiger partial charge in [-0.25, -0.2) is 9.78 Å². The van der Waals surface area contributed by atoms with Crippen LogP contribution in [0.25, 0.3) is 0 Å². The lowest BCUT2D eigenvalue weighted by molar-refractivity contribution is -0.119. The number of amides is 1. The summed E-state index contributed by atoms with van der Waals surface area (Å²) in [6.45, 7) is 3.28. The maximum atomic E-state index is 10.9. The average Bonchev–Trinajstić information content (AvgIpc) is 2.62. The van der Waals surface area contributed by atoms with Gasteiger partial charge in [0.25, 0.3) is 0 Å². The Balaban J connectivity index is 2.83. The molecule has 1 atom stereocenters. The Morgan fingerprint density at radius 1 is 1.67 bits per heavy atom. The number of aromatic nitrogens is 2. The van der Waals surface area contributed by atoms with Crippen LogP contribution in [0.3, 0.4) is 0 Å². The van der Waals surface area contributed by atoms with Gasteiger partial charge in [-0.15, -0.1) is 0 Å². The highest BCUT2D eigenvalue weighted by atomic mass is 16.4. The van der Waals surface area contributed by atoms with E-state index < -0.39 is 5.97 Å². The molecule has 1 aromatic heterocycles. The molecule has 1 aromatic rings. The van der Waals surface area contributed by atoms with Crippen LogP contribution in [0.1, 0.15) is 42.6 Å². The van der Waals surface area contributed by atoms with Crippen LogP contribution in [0, 0.1) is 0 Å². The van der Waals surface area contributed by atoms with Crippen LogP contribution in [-0.2, 0) is 4.79 Å². The van der Waals surface area contributed by atoms with Crippen molar-refractivity contribution in [1.82, 2.24) is 15.3 Å². The third-order valence-corrected chi connectivity index (χ3v) is 1.94. The minimum absolute atomic E-state index is 0.0220. The fourth-order valence-corrected chi connectivity index (χ4v) is 1.23. The SMILES string of the molecule is CCC(NC(C)=O)c1ncc(C(=O)O)[nH]1. The van der Waals surface area contributed by atoms with Gasteiger partial charge in [0, 0.05) is 6.92 Å². The number of carboxylic acids is 1. The van der Waals surface area contributed by atoms with Crippen LogP contribution >= 0.6 is 0 Å². The van der Waals surface area contributed by atoms with E-state index in [1.54, 1.807) is 0 Å². The number of hydrogen-bond acceptors (Lipinski definition) is 3. The predicted molar refractivity (Wildman–Crippen MR) is 52.4 cm³/mol. The fraction of sp³-hybridized carbons (Fsp3) is 0.444. The highest BCUT2D eigenvalue weighted by Gasteiger charge is 2.15. The van der Waals surface area contributed by atoms with Crippen LogP contribution in [-0.4, -0.2) is 27.0 Å². The largest absolute Gasteiger partial charge is 0.477 e. The standard InChI is InChI=1S/C9H13N3O3/c1-3-6(11-5(2)13)8-10-4-7(12-8)9(14)15/h4,6H,3H2,1-2H3,(H,10,12)(H,11,13)(H,14,15). The van der Waals surface area contributed by atoms with Crippen LogP contribution in [0.4, 0.5) is 0 Å². The van der Waals surface area contributed by atoms with Crippen molar-refractivity contribution in [3.8, 4) is 0 Å². The van der Waals surface area contributed by atoms with Crippen molar-refractivity contribution in [2.45, 2.75) is 26.3 Å². The van der Waals surface area contributed by atoms with Gasteiger partial charge in [-0.3, -0.25) is 4.79 Å². The molecule has 6 heteroatoms. The van der Waals surface area contributed by atoms with Crippen molar-refractivity contribution >= 4 is 11.9 Å². The molecule has 0 bridgehead atoms. The van der Waals surface area contributed by atoms with Crippen LogP contribution in [0.15, 0.2) is 6.20 Å².